The van der Waals surface area contributed by atoms with E-state index in [9.17, 15) is 9.59 Å². The first-order chi connectivity index (χ1) is 9.40. The summed E-state index contributed by atoms with van der Waals surface area (Å²) in [6.07, 6.45) is 1.84. The number of rotatable bonds is 2. The first kappa shape index (κ1) is 15.7. The topological polar surface area (TPSA) is 49.9 Å². The van der Waals surface area contributed by atoms with Gasteiger partial charge in [0.25, 0.3) is 5.56 Å². The van der Waals surface area contributed by atoms with Crippen LogP contribution in [0.2, 0.25) is 25.1 Å². The maximum atomic E-state index is 12.0. The number of hydrogen-bond acceptors (Lipinski definition) is 2. The monoisotopic (exact) mass is 369 g/mol. The summed E-state index contributed by atoms with van der Waals surface area (Å²) < 4.78 is 0. The minimum absolute atomic E-state index is 0.0158. The number of halogens is 5. The number of nitrogens with one attached hydrogen (secondary N) is 1. The van der Waals surface area contributed by atoms with E-state index >= 15 is 0 Å². The second-order valence-corrected chi connectivity index (χ2v) is 5.59. The molecular formula is C12H4Cl5NO2. The van der Waals surface area contributed by atoms with Gasteiger partial charge in [0.2, 0.25) is 0 Å². The molecule has 2 aromatic rings. The SMILES string of the molecule is O=Cc1cc[nH]c(=O)c1-c1c(Cl)c(Cl)c(Cl)c(Cl)c1Cl. The number of H-pyrrole nitrogens is 1. The highest BCUT2D eigenvalue weighted by Gasteiger charge is 2.23. The third-order valence-corrected chi connectivity index (χ3v) is 4.86. The number of hydrogen-bond donors (Lipinski definition) is 1. The van der Waals surface area contributed by atoms with Crippen LogP contribution in [-0.2, 0) is 0 Å². The highest BCUT2D eigenvalue weighted by molar-refractivity contribution is 6.56. The van der Waals surface area contributed by atoms with Crippen LogP contribution in [0.25, 0.3) is 11.1 Å². The number of aromatic nitrogens is 1. The lowest BCUT2D eigenvalue weighted by Crippen LogP contribution is -2.11. The molecule has 0 aliphatic heterocycles. The Balaban J connectivity index is 2.99. The highest BCUT2D eigenvalue weighted by atomic mass is 35.5. The van der Waals surface area contributed by atoms with Crippen molar-refractivity contribution in [2.24, 2.45) is 0 Å². The molecule has 104 valence electrons. The molecule has 0 aliphatic carbocycles. The standard InChI is InChI=1S/C12H4Cl5NO2/c13-7-6(8(14)10(16)11(17)9(7)15)5-4(3-19)1-2-18-12(5)20/h1-3H,(H,18,20). The van der Waals surface area contributed by atoms with Gasteiger partial charge in [-0.1, -0.05) is 58.0 Å². The van der Waals surface area contributed by atoms with Gasteiger partial charge in [-0.05, 0) is 6.07 Å². The van der Waals surface area contributed by atoms with Crippen LogP contribution in [0.15, 0.2) is 17.1 Å². The van der Waals surface area contributed by atoms with Crippen LogP contribution < -0.4 is 5.56 Å². The third-order valence-electron chi connectivity index (χ3n) is 2.58. The molecule has 0 saturated carbocycles. The van der Waals surface area contributed by atoms with Crippen LogP contribution in [0.3, 0.4) is 0 Å². The van der Waals surface area contributed by atoms with Gasteiger partial charge < -0.3 is 4.98 Å². The van der Waals surface area contributed by atoms with Crippen molar-refractivity contribution in [3.8, 4) is 11.1 Å². The quantitative estimate of drug-likeness (QED) is 0.452. The van der Waals surface area contributed by atoms with Crippen LogP contribution in [0.5, 0.6) is 0 Å². The second kappa shape index (κ2) is 5.96. The van der Waals surface area contributed by atoms with E-state index in [2.05, 4.69) is 4.98 Å². The van der Waals surface area contributed by atoms with Crippen LogP contribution >= 0.6 is 58.0 Å². The van der Waals surface area contributed by atoms with Crippen molar-refractivity contribution in [2.75, 3.05) is 0 Å². The number of aromatic amines is 1. The van der Waals surface area contributed by atoms with Crippen molar-refractivity contribution >= 4 is 64.3 Å². The maximum Gasteiger partial charge on any atom is 0.256 e. The van der Waals surface area contributed by atoms with E-state index in [4.69, 9.17) is 58.0 Å². The zero-order chi connectivity index (χ0) is 15.0. The van der Waals surface area contributed by atoms with Crippen LogP contribution in [-0.4, -0.2) is 11.3 Å². The van der Waals surface area contributed by atoms with Gasteiger partial charge in [-0.2, -0.15) is 0 Å². The molecule has 0 bridgehead atoms. The fourth-order valence-corrected chi connectivity index (χ4v) is 3.00. The maximum absolute atomic E-state index is 12.0. The predicted molar refractivity (Wildman–Crippen MR) is 82.9 cm³/mol. The second-order valence-electron chi connectivity index (χ2n) is 3.70. The molecule has 0 unspecified atom stereocenters. The average molecular weight is 371 g/mol. The van der Waals surface area contributed by atoms with E-state index in [1.165, 1.54) is 12.3 Å². The lowest BCUT2D eigenvalue weighted by atomic mass is 10.0. The molecule has 20 heavy (non-hydrogen) atoms. The normalized spacial score (nSPS) is 10.7. The summed E-state index contributed by atoms with van der Waals surface area (Å²) in [6.45, 7) is 0. The third kappa shape index (κ3) is 2.45. The largest absolute Gasteiger partial charge is 0.329 e. The lowest BCUT2D eigenvalue weighted by Gasteiger charge is -2.13. The highest BCUT2D eigenvalue weighted by Crippen LogP contribution is 2.47. The smallest absolute Gasteiger partial charge is 0.256 e. The summed E-state index contributed by atoms with van der Waals surface area (Å²) in [5, 5.41) is -0.209. The number of benzene rings is 1. The van der Waals surface area contributed by atoms with Crippen LogP contribution in [0.4, 0.5) is 0 Å². The van der Waals surface area contributed by atoms with Crippen molar-refractivity contribution in [2.45, 2.75) is 0 Å². The van der Waals surface area contributed by atoms with Crippen molar-refractivity contribution in [3.63, 3.8) is 0 Å². The molecular weight excluding hydrogens is 367 g/mol. The Kier molecular flexibility index (Phi) is 4.67. The summed E-state index contributed by atoms with van der Waals surface area (Å²) in [6, 6.07) is 1.41. The van der Waals surface area contributed by atoms with Gasteiger partial charge in [-0.15, -0.1) is 0 Å². The minimum Gasteiger partial charge on any atom is -0.329 e. The van der Waals surface area contributed by atoms with Crippen molar-refractivity contribution in [1.29, 1.82) is 0 Å². The molecule has 1 aromatic heterocycles. The van der Waals surface area contributed by atoms with Gasteiger partial charge in [-0.3, -0.25) is 9.59 Å². The Morgan fingerprint density at radius 2 is 1.35 bits per heavy atom. The minimum atomic E-state index is -0.548. The molecule has 0 aliphatic rings. The van der Waals surface area contributed by atoms with E-state index in [0.29, 0.717) is 6.29 Å². The molecule has 1 aromatic carbocycles. The Labute approximate surface area is 138 Å². The first-order valence-electron chi connectivity index (χ1n) is 5.08. The number of pyridine rings is 1. The molecule has 1 heterocycles. The summed E-state index contributed by atoms with van der Waals surface area (Å²) in [5.41, 5.74) is -0.394. The van der Waals surface area contributed by atoms with E-state index in [0.717, 1.165) is 0 Å². The fraction of sp³-hybridized carbons (Fsp3) is 0. The molecule has 0 fully saturated rings. The van der Waals surface area contributed by atoms with Gasteiger partial charge in [0.05, 0.1) is 30.7 Å². The molecule has 3 nitrogen and oxygen atoms in total. The molecule has 1 N–H and O–H groups in total. The van der Waals surface area contributed by atoms with E-state index in [1.54, 1.807) is 0 Å². The van der Waals surface area contributed by atoms with Crippen LogP contribution in [0, 0.1) is 0 Å². The molecule has 0 spiro atoms. The van der Waals surface area contributed by atoms with Crippen molar-refractivity contribution in [3.05, 3.63) is 53.3 Å². The van der Waals surface area contributed by atoms with Crippen LogP contribution in [0.1, 0.15) is 10.4 Å². The fourth-order valence-electron chi connectivity index (χ4n) is 1.67. The Hall–Kier alpha value is -0.710. The first-order valence-corrected chi connectivity index (χ1v) is 6.97. The molecule has 0 saturated heterocycles. The zero-order valence-corrected chi connectivity index (χ0v) is 13.2. The predicted octanol–water partition coefficient (Wildman–Crippen LogP) is 5.12. The van der Waals surface area contributed by atoms with E-state index in [-0.39, 0.29) is 41.8 Å². The Morgan fingerprint density at radius 1 is 0.850 bits per heavy atom. The van der Waals surface area contributed by atoms with Gasteiger partial charge in [0.1, 0.15) is 0 Å². The average Bonchev–Trinajstić information content (AvgIpc) is 2.44. The molecule has 8 heteroatoms. The van der Waals surface area contributed by atoms with Crippen molar-refractivity contribution in [1.82, 2.24) is 4.98 Å². The van der Waals surface area contributed by atoms with Crippen molar-refractivity contribution < 1.29 is 4.79 Å². The lowest BCUT2D eigenvalue weighted by molar-refractivity contribution is 0.112. The number of carbonyl (C=O) groups excluding carboxylic acids is 1. The van der Waals surface area contributed by atoms with Gasteiger partial charge in [0, 0.05) is 17.3 Å². The summed E-state index contributed by atoms with van der Waals surface area (Å²) >= 11 is 29.9. The number of carbonyl (C=O) groups is 1. The van der Waals surface area contributed by atoms with Gasteiger partial charge in [0.15, 0.2) is 6.29 Å². The molecule has 0 radical (unpaired) electrons. The summed E-state index contributed by atoms with van der Waals surface area (Å²) in [7, 11) is 0. The molecule has 0 atom stereocenters. The molecule has 0 amide bonds. The zero-order valence-electron chi connectivity index (χ0n) is 9.44. The van der Waals surface area contributed by atoms with E-state index in [1.807, 2.05) is 0 Å². The Morgan fingerprint density at radius 3 is 1.85 bits per heavy atom. The Bertz CT molecular complexity index is 740. The summed E-state index contributed by atoms with van der Waals surface area (Å²) in [4.78, 5) is 25.5. The number of aldehydes is 1. The van der Waals surface area contributed by atoms with E-state index < -0.39 is 5.56 Å². The van der Waals surface area contributed by atoms with Gasteiger partial charge >= 0.3 is 0 Å². The summed E-state index contributed by atoms with van der Waals surface area (Å²) in [5.74, 6) is 0. The van der Waals surface area contributed by atoms with Gasteiger partial charge in [-0.25, -0.2) is 0 Å². The molecule has 2 rings (SSSR count).